The smallest absolute Gasteiger partial charge is 0.263 e. The summed E-state index contributed by atoms with van der Waals surface area (Å²) in [6, 6.07) is 7.51. The number of aliphatic hydroxyl groups is 2. The summed E-state index contributed by atoms with van der Waals surface area (Å²) in [5.41, 5.74) is 0.589. The molecule has 7 heteroatoms. The number of aromatic nitrogens is 1. The lowest BCUT2D eigenvalue weighted by molar-refractivity contribution is -0.0241. The molecule has 0 aliphatic heterocycles. The van der Waals surface area contributed by atoms with Crippen molar-refractivity contribution in [3.05, 3.63) is 41.0 Å². The molecule has 1 heterocycles. The van der Waals surface area contributed by atoms with E-state index in [4.69, 9.17) is 0 Å². The van der Waals surface area contributed by atoms with Gasteiger partial charge in [-0.3, -0.25) is 4.79 Å². The summed E-state index contributed by atoms with van der Waals surface area (Å²) >= 11 is 1.04. The molecule has 1 saturated carbocycles. The molecule has 0 radical (unpaired) electrons. The molecule has 1 aliphatic carbocycles. The maximum atomic E-state index is 12.9. The van der Waals surface area contributed by atoms with Crippen molar-refractivity contribution in [3.63, 3.8) is 0 Å². The summed E-state index contributed by atoms with van der Waals surface area (Å²) in [7, 11) is 0. The van der Waals surface area contributed by atoms with Crippen LogP contribution < -0.4 is 5.32 Å². The minimum Gasteiger partial charge on any atom is -0.394 e. The molecule has 0 unspecified atom stereocenters. The summed E-state index contributed by atoms with van der Waals surface area (Å²) < 4.78 is 17.1. The summed E-state index contributed by atoms with van der Waals surface area (Å²) in [6.07, 6.45) is 0.209. The van der Waals surface area contributed by atoms with E-state index in [2.05, 4.69) is 9.69 Å². The Morgan fingerprint density at radius 1 is 1.41 bits per heavy atom. The van der Waals surface area contributed by atoms with E-state index in [1.807, 2.05) is 0 Å². The number of halogens is 1. The molecule has 5 nitrogen and oxygen atoms in total. The van der Waals surface area contributed by atoms with Crippen molar-refractivity contribution in [2.24, 2.45) is 0 Å². The van der Waals surface area contributed by atoms with Crippen LogP contribution in [0.5, 0.6) is 0 Å². The molecule has 0 spiro atoms. The average Bonchev–Trinajstić information content (AvgIpc) is 2.96. The Morgan fingerprint density at radius 3 is 2.68 bits per heavy atom. The third-order valence-corrected chi connectivity index (χ3v) is 4.60. The highest BCUT2D eigenvalue weighted by Gasteiger charge is 2.44. The fourth-order valence-corrected chi connectivity index (χ4v) is 3.21. The number of nitrogens with one attached hydrogen (secondary N) is 1. The monoisotopic (exact) mass is 322 g/mol. The molecule has 1 fully saturated rings. The third-order valence-electron chi connectivity index (χ3n) is 3.81. The van der Waals surface area contributed by atoms with Gasteiger partial charge in [-0.1, -0.05) is 0 Å². The first-order valence-electron chi connectivity index (χ1n) is 6.85. The van der Waals surface area contributed by atoms with Crippen LogP contribution in [0.15, 0.2) is 30.3 Å². The van der Waals surface area contributed by atoms with Gasteiger partial charge in [0.25, 0.3) is 5.91 Å². The molecule has 1 aromatic carbocycles. The maximum absolute atomic E-state index is 12.9. The highest BCUT2D eigenvalue weighted by molar-refractivity contribution is 7.08. The van der Waals surface area contributed by atoms with Crippen molar-refractivity contribution in [1.29, 1.82) is 0 Å². The second-order valence-corrected chi connectivity index (χ2v) is 6.34. The molecular weight excluding hydrogens is 307 g/mol. The van der Waals surface area contributed by atoms with E-state index in [-0.39, 0.29) is 18.3 Å². The Morgan fingerprint density at radius 2 is 2.09 bits per heavy atom. The number of carbonyl (C=O) groups excluding carboxylic acids is 1. The fourth-order valence-electron chi connectivity index (χ4n) is 2.55. The Balaban J connectivity index is 1.73. The molecule has 116 valence electrons. The standard InChI is InChI=1S/C15H15FN2O3S/c16-10-3-1-9(2-4-10)12-5-13(22-18-12)14(21)17-15(8-19)6-11(20)7-15/h1-5,11,19-20H,6-8H2,(H,17,21). The van der Waals surface area contributed by atoms with E-state index in [1.54, 1.807) is 18.2 Å². The van der Waals surface area contributed by atoms with Crippen molar-refractivity contribution < 1.29 is 19.4 Å². The van der Waals surface area contributed by atoms with Crippen LogP contribution >= 0.6 is 11.5 Å². The summed E-state index contributed by atoms with van der Waals surface area (Å²) in [6.45, 7) is -0.209. The number of hydrogen-bond donors (Lipinski definition) is 3. The van der Waals surface area contributed by atoms with E-state index in [0.29, 0.717) is 23.4 Å². The number of rotatable bonds is 4. The molecule has 1 amide bonds. The molecule has 0 saturated heterocycles. The molecule has 2 aromatic rings. The van der Waals surface area contributed by atoms with Crippen LogP contribution in [0.1, 0.15) is 22.5 Å². The number of nitrogens with zero attached hydrogens (tertiary/aromatic N) is 1. The average molecular weight is 322 g/mol. The van der Waals surface area contributed by atoms with Gasteiger partial charge in [-0.15, -0.1) is 0 Å². The summed E-state index contributed by atoms with van der Waals surface area (Å²) in [5, 5.41) is 21.5. The second-order valence-electron chi connectivity index (χ2n) is 5.54. The minimum absolute atomic E-state index is 0.209. The largest absolute Gasteiger partial charge is 0.394 e. The highest BCUT2D eigenvalue weighted by atomic mass is 32.1. The first-order valence-corrected chi connectivity index (χ1v) is 7.63. The minimum atomic E-state index is -0.740. The van der Waals surface area contributed by atoms with Crippen molar-refractivity contribution in [3.8, 4) is 11.3 Å². The van der Waals surface area contributed by atoms with Crippen LogP contribution in [0, 0.1) is 5.82 Å². The first kappa shape index (κ1) is 15.1. The van der Waals surface area contributed by atoms with Crippen molar-refractivity contribution in [1.82, 2.24) is 9.69 Å². The molecule has 1 aliphatic rings. The number of hydrogen-bond acceptors (Lipinski definition) is 5. The number of aliphatic hydroxyl groups excluding tert-OH is 2. The van der Waals surface area contributed by atoms with Crippen LogP contribution in [0.4, 0.5) is 4.39 Å². The van der Waals surface area contributed by atoms with Crippen LogP contribution in [0.2, 0.25) is 0 Å². The molecule has 1 aromatic heterocycles. The fraction of sp³-hybridized carbons (Fsp3) is 0.333. The van der Waals surface area contributed by atoms with Crippen LogP contribution in [0.25, 0.3) is 11.3 Å². The van der Waals surface area contributed by atoms with E-state index in [1.165, 1.54) is 12.1 Å². The van der Waals surface area contributed by atoms with Crippen molar-refractivity contribution in [2.45, 2.75) is 24.5 Å². The highest BCUT2D eigenvalue weighted by Crippen LogP contribution is 2.32. The van der Waals surface area contributed by atoms with Gasteiger partial charge in [-0.05, 0) is 54.7 Å². The quantitative estimate of drug-likeness (QED) is 0.798. The maximum Gasteiger partial charge on any atom is 0.263 e. The predicted molar refractivity (Wildman–Crippen MR) is 80.0 cm³/mol. The van der Waals surface area contributed by atoms with Crippen LogP contribution in [0.3, 0.4) is 0 Å². The molecule has 3 N–H and O–H groups in total. The summed E-state index contributed by atoms with van der Waals surface area (Å²) in [5.74, 6) is -0.655. The zero-order chi connectivity index (χ0) is 15.7. The van der Waals surface area contributed by atoms with Gasteiger partial charge in [-0.25, -0.2) is 4.39 Å². The first-order chi connectivity index (χ1) is 10.5. The molecule has 0 bridgehead atoms. The SMILES string of the molecule is O=C(NC1(CO)CC(O)C1)c1cc(-c2ccc(F)cc2)ns1. The molecule has 22 heavy (non-hydrogen) atoms. The second kappa shape index (κ2) is 5.75. The lowest BCUT2D eigenvalue weighted by Crippen LogP contribution is -2.61. The third kappa shape index (κ3) is 2.87. The van der Waals surface area contributed by atoms with E-state index >= 15 is 0 Å². The van der Waals surface area contributed by atoms with Crippen molar-refractivity contribution >= 4 is 17.4 Å². The number of carbonyl (C=O) groups is 1. The number of amides is 1. The topological polar surface area (TPSA) is 82.5 Å². The zero-order valence-electron chi connectivity index (χ0n) is 11.6. The summed E-state index contributed by atoms with van der Waals surface area (Å²) in [4.78, 5) is 12.6. The van der Waals surface area contributed by atoms with Gasteiger partial charge in [-0.2, -0.15) is 4.37 Å². The Bertz CT molecular complexity index is 680. The van der Waals surface area contributed by atoms with E-state index in [0.717, 1.165) is 17.1 Å². The van der Waals surface area contributed by atoms with Crippen molar-refractivity contribution in [2.75, 3.05) is 6.61 Å². The normalized spacial score (nSPS) is 23.9. The van der Waals surface area contributed by atoms with Gasteiger partial charge in [0.15, 0.2) is 0 Å². The number of benzene rings is 1. The van der Waals surface area contributed by atoms with Gasteiger partial charge < -0.3 is 15.5 Å². The van der Waals surface area contributed by atoms with E-state index < -0.39 is 11.6 Å². The zero-order valence-corrected chi connectivity index (χ0v) is 12.4. The van der Waals surface area contributed by atoms with Gasteiger partial charge >= 0.3 is 0 Å². The lowest BCUT2D eigenvalue weighted by atomic mass is 9.75. The Hall–Kier alpha value is -1.83. The van der Waals surface area contributed by atoms with E-state index in [9.17, 15) is 19.4 Å². The van der Waals surface area contributed by atoms with Gasteiger partial charge in [0, 0.05) is 5.56 Å². The van der Waals surface area contributed by atoms with Crippen LogP contribution in [-0.2, 0) is 0 Å². The van der Waals surface area contributed by atoms with Gasteiger partial charge in [0.05, 0.1) is 23.9 Å². The van der Waals surface area contributed by atoms with Gasteiger partial charge in [0.1, 0.15) is 10.7 Å². The lowest BCUT2D eigenvalue weighted by Gasteiger charge is -2.44. The predicted octanol–water partition coefficient (Wildman–Crippen LogP) is 1.56. The molecular formula is C15H15FN2O3S. The van der Waals surface area contributed by atoms with Crippen LogP contribution in [-0.4, -0.2) is 38.7 Å². The Labute approximate surface area is 130 Å². The molecule has 3 rings (SSSR count). The van der Waals surface area contributed by atoms with Gasteiger partial charge in [0.2, 0.25) is 0 Å². The molecule has 0 atom stereocenters. The Kier molecular flexibility index (Phi) is 3.94.